The van der Waals surface area contributed by atoms with E-state index in [1.54, 1.807) is 24.1 Å². The molecule has 1 aliphatic rings. The van der Waals surface area contributed by atoms with E-state index in [4.69, 9.17) is 9.15 Å². The summed E-state index contributed by atoms with van der Waals surface area (Å²) >= 11 is 1.37. The summed E-state index contributed by atoms with van der Waals surface area (Å²) in [6.07, 6.45) is 5.35. The van der Waals surface area contributed by atoms with Crippen LogP contribution < -0.4 is 10.1 Å². The second-order valence-corrected chi connectivity index (χ2v) is 9.40. The van der Waals surface area contributed by atoms with Crippen LogP contribution in [-0.4, -0.2) is 29.9 Å². The average Bonchev–Trinajstić information content (AvgIpc) is 3.52. The number of nitrogens with zero attached hydrogens (tertiary/aromatic N) is 1. The Morgan fingerprint density at radius 2 is 1.88 bits per heavy atom. The number of aryl methyl sites for hydroxylation is 1. The summed E-state index contributed by atoms with van der Waals surface area (Å²) in [5.41, 5.74) is 0.902. The largest absolute Gasteiger partial charge is 0.497 e. The molecule has 1 aromatic carbocycles. The number of amides is 2. The maximum Gasteiger partial charge on any atom is 0.265 e. The van der Waals surface area contributed by atoms with Crippen molar-refractivity contribution < 1.29 is 18.7 Å². The number of methoxy groups -OCH3 is 1. The minimum absolute atomic E-state index is 0.129. The lowest BCUT2D eigenvalue weighted by molar-refractivity contribution is -0.127. The lowest BCUT2D eigenvalue weighted by atomic mass is 9.95. The molecule has 0 spiro atoms. The van der Waals surface area contributed by atoms with Gasteiger partial charge in [0.05, 0.1) is 12.0 Å². The van der Waals surface area contributed by atoms with Gasteiger partial charge in [0.15, 0.2) is 6.04 Å². The van der Waals surface area contributed by atoms with Gasteiger partial charge in [-0.25, -0.2) is 0 Å². The summed E-state index contributed by atoms with van der Waals surface area (Å²) in [5, 5.41) is 5.07. The van der Waals surface area contributed by atoms with Crippen LogP contribution in [0, 0.1) is 6.92 Å². The van der Waals surface area contributed by atoms with Gasteiger partial charge >= 0.3 is 0 Å². The number of hydrogen-bond donors (Lipinski definition) is 1. The van der Waals surface area contributed by atoms with E-state index in [2.05, 4.69) is 5.32 Å². The highest BCUT2D eigenvalue weighted by Gasteiger charge is 2.36. The summed E-state index contributed by atoms with van der Waals surface area (Å²) < 4.78 is 11.2. The first kappa shape index (κ1) is 23.1. The van der Waals surface area contributed by atoms with Gasteiger partial charge < -0.3 is 19.4 Å². The van der Waals surface area contributed by atoms with Crippen molar-refractivity contribution in [1.82, 2.24) is 10.2 Å². The molecule has 4 rings (SSSR count). The lowest BCUT2D eigenvalue weighted by Crippen LogP contribution is -2.46. The highest BCUT2D eigenvalue weighted by atomic mass is 32.1. The van der Waals surface area contributed by atoms with Gasteiger partial charge in [0.1, 0.15) is 17.3 Å². The molecule has 1 atom stereocenters. The van der Waals surface area contributed by atoms with E-state index in [1.165, 1.54) is 17.8 Å². The van der Waals surface area contributed by atoms with E-state index in [-0.39, 0.29) is 24.4 Å². The Morgan fingerprint density at radius 3 is 2.48 bits per heavy atom. The van der Waals surface area contributed by atoms with E-state index in [0.717, 1.165) is 37.0 Å². The Morgan fingerprint density at radius 1 is 1.12 bits per heavy atom. The summed E-state index contributed by atoms with van der Waals surface area (Å²) in [4.78, 5) is 29.5. The number of rotatable bonds is 8. The first-order chi connectivity index (χ1) is 16.0. The monoisotopic (exact) mass is 466 g/mol. The molecule has 0 bridgehead atoms. The molecule has 0 radical (unpaired) electrons. The predicted octanol–water partition coefficient (Wildman–Crippen LogP) is 5.49. The quantitative estimate of drug-likeness (QED) is 0.476. The molecule has 6 nitrogen and oxygen atoms in total. The fourth-order valence-electron chi connectivity index (χ4n) is 4.30. The fourth-order valence-corrected chi connectivity index (χ4v) is 4.98. The van der Waals surface area contributed by atoms with Crippen molar-refractivity contribution in [2.45, 2.75) is 57.7 Å². The van der Waals surface area contributed by atoms with Crippen molar-refractivity contribution in [3.8, 4) is 5.75 Å². The van der Waals surface area contributed by atoms with Crippen LogP contribution in [0.2, 0.25) is 0 Å². The molecule has 0 saturated heterocycles. The highest BCUT2D eigenvalue weighted by Crippen LogP contribution is 2.29. The fraction of sp³-hybridized carbons (Fsp3) is 0.385. The highest BCUT2D eigenvalue weighted by molar-refractivity contribution is 7.12. The van der Waals surface area contributed by atoms with Gasteiger partial charge in [0, 0.05) is 12.6 Å². The molecule has 0 aliphatic heterocycles. The smallest absolute Gasteiger partial charge is 0.265 e. The number of ether oxygens (including phenoxy) is 1. The third kappa shape index (κ3) is 5.66. The molecular formula is C26H30N2O4S. The van der Waals surface area contributed by atoms with Crippen LogP contribution >= 0.6 is 11.3 Å². The van der Waals surface area contributed by atoms with Crippen LogP contribution in [-0.2, 0) is 11.3 Å². The van der Waals surface area contributed by atoms with E-state index < -0.39 is 6.04 Å². The Bertz CT molecular complexity index is 1050. The number of nitrogens with one attached hydrogen (secondary N) is 1. The Balaban J connectivity index is 1.69. The normalized spacial score (nSPS) is 15.1. The standard InChI is InChI=1S/C26H30N2O4S/c1-18-10-15-22(32-18)24(25(29)27-20-7-4-3-5-8-20)28(26(30)23-9-6-16-33-23)17-19-11-13-21(31-2)14-12-19/h6,9-16,20,24H,3-5,7-8,17H2,1-2H3,(H,27,29)/t24-/m1/s1. The summed E-state index contributed by atoms with van der Waals surface area (Å²) in [6, 6.07) is 14.1. The third-order valence-corrected chi connectivity index (χ3v) is 6.90. The van der Waals surface area contributed by atoms with Gasteiger partial charge in [-0.3, -0.25) is 9.59 Å². The van der Waals surface area contributed by atoms with Crippen molar-refractivity contribution in [3.05, 3.63) is 75.9 Å². The molecule has 1 aliphatic carbocycles. The minimum Gasteiger partial charge on any atom is -0.497 e. The maximum atomic E-state index is 13.6. The number of hydrogen-bond acceptors (Lipinski definition) is 5. The molecule has 3 aromatic rings. The first-order valence-electron chi connectivity index (χ1n) is 11.4. The van der Waals surface area contributed by atoms with E-state index in [9.17, 15) is 9.59 Å². The van der Waals surface area contributed by atoms with E-state index in [0.29, 0.717) is 16.4 Å². The van der Waals surface area contributed by atoms with Crippen molar-refractivity contribution in [1.29, 1.82) is 0 Å². The molecule has 7 heteroatoms. The Kier molecular flexibility index (Phi) is 7.50. The van der Waals surface area contributed by atoms with Crippen LogP contribution in [0.15, 0.2) is 58.3 Å². The van der Waals surface area contributed by atoms with Crippen molar-refractivity contribution in [2.24, 2.45) is 0 Å². The third-order valence-electron chi connectivity index (χ3n) is 6.05. The zero-order valence-electron chi connectivity index (χ0n) is 19.1. The van der Waals surface area contributed by atoms with Crippen LogP contribution in [0.3, 0.4) is 0 Å². The topological polar surface area (TPSA) is 71.8 Å². The zero-order chi connectivity index (χ0) is 23.2. The van der Waals surface area contributed by atoms with Crippen LogP contribution in [0.4, 0.5) is 0 Å². The number of furan rings is 1. The van der Waals surface area contributed by atoms with Crippen LogP contribution in [0.1, 0.15) is 64.9 Å². The van der Waals surface area contributed by atoms with Crippen LogP contribution in [0.5, 0.6) is 5.75 Å². The number of carbonyl (C=O) groups excluding carboxylic acids is 2. The molecule has 2 aromatic heterocycles. The van der Waals surface area contributed by atoms with Gasteiger partial charge in [0.2, 0.25) is 0 Å². The van der Waals surface area contributed by atoms with Crippen LogP contribution in [0.25, 0.3) is 0 Å². The molecule has 1 saturated carbocycles. The van der Waals surface area contributed by atoms with E-state index in [1.807, 2.05) is 48.7 Å². The summed E-state index contributed by atoms with van der Waals surface area (Å²) in [6.45, 7) is 2.11. The molecule has 174 valence electrons. The number of thiophene rings is 1. The summed E-state index contributed by atoms with van der Waals surface area (Å²) in [5.74, 6) is 1.52. The minimum atomic E-state index is -0.864. The molecule has 33 heavy (non-hydrogen) atoms. The van der Waals surface area contributed by atoms with E-state index >= 15 is 0 Å². The van der Waals surface area contributed by atoms with Crippen molar-refractivity contribution in [2.75, 3.05) is 7.11 Å². The van der Waals surface area contributed by atoms with Crippen molar-refractivity contribution in [3.63, 3.8) is 0 Å². The molecule has 0 unspecified atom stereocenters. The van der Waals surface area contributed by atoms with Gasteiger partial charge in [-0.1, -0.05) is 37.5 Å². The maximum absolute atomic E-state index is 13.6. The SMILES string of the molecule is COc1ccc(CN(C(=O)c2cccs2)[C@@H](C(=O)NC2CCCCC2)c2ccc(C)o2)cc1. The second kappa shape index (κ2) is 10.7. The molecule has 1 fully saturated rings. The lowest BCUT2D eigenvalue weighted by Gasteiger charge is -2.32. The predicted molar refractivity (Wildman–Crippen MR) is 128 cm³/mol. The van der Waals surface area contributed by atoms with Gasteiger partial charge in [-0.2, -0.15) is 0 Å². The average molecular weight is 467 g/mol. The zero-order valence-corrected chi connectivity index (χ0v) is 19.9. The molecule has 1 N–H and O–H groups in total. The number of benzene rings is 1. The second-order valence-electron chi connectivity index (χ2n) is 8.45. The van der Waals surface area contributed by atoms with Crippen molar-refractivity contribution >= 4 is 23.2 Å². The summed E-state index contributed by atoms with van der Waals surface area (Å²) in [7, 11) is 1.62. The first-order valence-corrected chi connectivity index (χ1v) is 12.3. The van der Waals surface area contributed by atoms with Gasteiger partial charge in [0.25, 0.3) is 11.8 Å². The van der Waals surface area contributed by atoms with Gasteiger partial charge in [-0.05, 0) is 61.0 Å². The Hall–Kier alpha value is -3.06. The molecule has 2 heterocycles. The Labute approximate surface area is 198 Å². The molecule has 2 amide bonds. The van der Waals surface area contributed by atoms with Gasteiger partial charge in [-0.15, -0.1) is 11.3 Å². The molecular weight excluding hydrogens is 436 g/mol. The number of carbonyl (C=O) groups is 2.